The molecule has 19 heavy (non-hydrogen) atoms. The van der Waals surface area contributed by atoms with E-state index >= 15 is 0 Å². The second-order valence-electron chi connectivity index (χ2n) is 5.03. The normalized spacial score (nSPS) is 12.7. The zero-order chi connectivity index (χ0) is 14.6. The molecule has 1 aromatic rings. The predicted molar refractivity (Wildman–Crippen MR) is 72.1 cm³/mol. The van der Waals surface area contributed by atoms with E-state index < -0.39 is 5.97 Å². The fourth-order valence-electron chi connectivity index (χ4n) is 2.16. The Balaban J connectivity index is 3.05. The Kier molecular flexibility index (Phi) is 5.42. The average Bonchev–Trinajstić information content (AvgIpc) is 2.27. The van der Waals surface area contributed by atoms with Crippen molar-refractivity contribution in [1.82, 2.24) is 9.97 Å². The number of aromatic nitrogens is 2. The maximum Gasteiger partial charge on any atom is 0.303 e. The van der Waals surface area contributed by atoms with E-state index in [4.69, 9.17) is 9.84 Å². The molecule has 5 heteroatoms. The number of carboxylic acids is 1. The van der Waals surface area contributed by atoms with E-state index in [2.05, 4.69) is 23.8 Å². The minimum atomic E-state index is -0.806. The van der Waals surface area contributed by atoms with Crippen molar-refractivity contribution in [2.24, 2.45) is 5.92 Å². The highest BCUT2D eigenvalue weighted by molar-refractivity contribution is 5.67. The lowest BCUT2D eigenvalue weighted by Crippen LogP contribution is -2.16. The van der Waals surface area contributed by atoms with Crippen LogP contribution >= 0.6 is 0 Å². The number of methoxy groups -OCH3 is 1. The van der Waals surface area contributed by atoms with Crippen molar-refractivity contribution < 1.29 is 14.6 Å². The van der Waals surface area contributed by atoms with Gasteiger partial charge in [-0.2, -0.15) is 0 Å². The summed E-state index contributed by atoms with van der Waals surface area (Å²) in [6.07, 6.45) is 0.431. The fraction of sp³-hybridized carbons (Fsp3) is 0.643. The Morgan fingerprint density at radius 2 is 1.79 bits per heavy atom. The first-order valence-corrected chi connectivity index (χ1v) is 6.45. The molecule has 0 aliphatic carbocycles. The maximum atomic E-state index is 10.6. The minimum Gasteiger partial charge on any atom is -0.481 e. The Labute approximate surface area is 114 Å². The van der Waals surface area contributed by atoms with Crippen molar-refractivity contribution in [3.8, 4) is 0 Å². The van der Waals surface area contributed by atoms with Gasteiger partial charge >= 0.3 is 5.97 Å². The van der Waals surface area contributed by atoms with Crippen molar-refractivity contribution in [3.05, 3.63) is 22.8 Å². The van der Waals surface area contributed by atoms with E-state index in [9.17, 15) is 4.79 Å². The van der Waals surface area contributed by atoms with Crippen LogP contribution in [0.4, 0.5) is 0 Å². The molecular weight excluding hydrogens is 244 g/mol. The van der Waals surface area contributed by atoms with E-state index in [0.29, 0.717) is 12.2 Å². The van der Waals surface area contributed by atoms with Crippen molar-refractivity contribution in [2.45, 2.75) is 46.6 Å². The van der Waals surface area contributed by atoms with Gasteiger partial charge in [-0.25, -0.2) is 9.97 Å². The number of nitrogens with zero attached hydrogens (tertiary/aromatic N) is 2. The molecule has 0 fully saturated rings. The quantitative estimate of drug-likeness (QED) is 0.856. The Morgan fingerprint density at radius 3 is 2.16 bits per heavy atom. The summed E-state index contributed by atoms with van der Waals surface area (Å²) in [5.74, 6) is 0.153. The van der Waals surface area contributed by atoms with Gasteiger partial charge in [0.2, 0.25) is 0 Å². The summed E-state index contributed by atoms with van der Waals surface area (Å²) in [5.41, 5.74) is 2.60. The van der Waals surface area contributed by atoms with Gasteiger partial charge in [0.15, 0.2) is 5.82 Å². The van der Waals surface area contributed by atoms with Gasteiger partial charge in [0, 0.05) is 24.9 Å². The first-order valence-electron chi connectivity index (χ1n) is 6.45. The SMILES string of the molecule is COC(c1nc(C)c(CCC(=O)O)c(C)n1)C(C)C. The van der Waals surface area contributed by atoms with Gasteiger partial charge in [0.1, 0.15) is 6.10 Å². The maximum absolute atomic E-state index is 10.6. The second kappa shape index (κ2) is 6.61. The summed E-state index contributed by atoms with van der Waals surface area (Å²) < 4.78 is 5.43. The van der Waals surface area contributed by atoms with Crippen LogP contribution in [-0.2, 0) is 16.0 Å². The molecule has 1 rings (SSSR count). The fourth-order valence-corrected chi connectivity index (χ4v) is 2.16. The predicted octanol–water partition coefficient (Wildman–Crippen LogP) is 2.45. The average molecular weight is 266 g/mol. The standard InChI is InChI=1S/C14H22N2O3/c1-8(2)13(19-5)14-15-9(3)11(10(4)16-14)6-7-12(17)18/h8,13H,6-7H2,1-5H3,(H,17,18). The van der Waals surface area contributed by atoms with Crippen LogP contribution in [0.3, 0.4) is 0 Å². The van der Waals surface area contributed by atoms with Crippen LogP contribution in [0, 0.1) is 19.8 Å². The number of aliphatic carboxylic acids is 1. The molecule has 1 unspecified atom stereocenters. The van der Waals surface area contributed by atoms with Crippen LogP contribution in [0.1, 0.15) is 49.1 Å². The number of carboxylic acid groups (broad SMARTS) is 1. The summed E-state index contributed by atoms with van der Waals surface area (Å²) in [7, 11) is 1.65. The minimum absolute atomic E-state index is 0.0995. The molecule has 1 atom stereocenters. The number of hydrogen-bond donors (Lipinski definition) is 1. The summed E-state index contributed by atoms with van der Waals surface area (Å²) in [5, 5.41) is 8.75. The highest BCUT2D eigenvalue weighted by atomic mass is 16.5. The summed E-state index contributed by atoms with van der Waals surface area (Å²) >= 11 is 0. The summed E-state index contributed by atoms with van der Waals surface area (Å²) in [6, 6.07) is 0. The molecule has 0 spiro atoms. The van der Waals surface area contributed by atoms with E-state index in [1.54, 1.807) is 7.11 Å². The Morgan fingerprint density at radius 1 is 1.26 bits per heavy atom. The Bertz CT molecular complexity index is 435. The molecule has 1 aromatic heterocycles. The monoisotopic (exact) mass is 266 g/mol. The van der Waals surface area contributed by atoms with E-state index in [0.717, 1.165) is 17.0 Å². The molecule has 0 aliphatic rings. The highest BCUT2D eigenvalue weighted by Gasteiger charge is 2.20. The van der Waals surface area contributed by atoms with Crippen LogP contribution < -0.4 is 0 Å². The third-order valence-electron chi connectivity index (χ3n) is 3.14. The molecule has 1 heterocycles. The molecule has 0 saturated carbocycles. The lowest BCUT2D eigenvalue weighted by Gasteiger charge is -2.19. The molecule has 1 N–H and O–H groups in total. The number of aryl methyl sites for hydroxylation is 2. The molecule has 0 bridgehead atoms. The van der Waals surface area contributed by atoms with E-state index in [1.807, 2.05) is 13.8 Å². The van der Waals surface area contributed by atoms with E-state index in [-0.39, 0.29) is 18.4 Å². The number of hydrogen-bond acceptors (Lipinski definition) is 4. The van der Waals surface area contributed by atoms with Gasteiger partial charge in [-0.1, -0.05) is 13.8 Å². The number of rotatable bonds is 6. The van der Waals surface area contributed by atoms with Gasteiger partial charge in [-0.3, -0.25) is 4.79 Å². The lowest BCUT2D eigenvalue weighted by atomic mass is 10.0. The van der Waals surface area contributed by atoms with Crippen LogP contribution in [0.25, 0.3) is 0 Å². The molecule has 0 radical (unpaired) electrons. The molecule has 5 nitrogen and oxygen atoms in total. The van der Waals surface area contributed by atoms with Gasteiger partial charge in [0.25, 0.3) is 0 Å². The van der Waals surface area contributed by atoms with E-state index in [1.165, 1.54) is 0 Å². The molecule has 106 valence electrons. The molecule has 0 amide bonds. The first-order chi connectivity index (χ1) is 8.86. The smallest absolute Gasteiger partial charge is 0.303 e. The third-order valence-corrected chi connectivity index (χ3v) is 3.14. The van der Waals surface area contributed by atoms with Gasteiger partial charge in [-0.15, -0.1) is 0 Å². The first kappa shape index (κ1) is 15.6. The van der Waals surface area contributed by atoms with Crippen molar-refractivity contribution in [1.29, 1.82) is 0 Å². The highest BCUT2D eigenvalue weighted by Crippen LogP contribution is 2.24. The zero-order valence-electron chi connectivity index (χ0n) is 12.2. The largest absolute Gasteiger partial charge is 0.481 e. The van der Waals surface area contributed by atoms with Crippen molar-refractivity contribution in [2.75, 3.05) is 7.11 Å². The lowest BCUT2D eigenvalue weighted by molar-refractivity contribution is -0.136. The molecule has 0 aliphatic heterocycles. The van der Waals surface area contributed by atoms with Gasteiger partial charge in [0.05, 0.1) is 0 Å². The van der Waals surface area contributed by atoms with Crippen LogP contribution in [0.5, 0.6) is 0 Å². The summed E-state index contributed by atoms with van der Waals surface area (Å²) in [6.45, 7) is 7.89. The van der Waals surface area contributed by atoms with Crippen molar-refractivity contribution >= 4 is 5.97 Å². The van der Waals surface area contributed by atoms with Crippen LogP contribution in [0.2, 0.25) is 0 Å². The molecule has 0 aromatic carbocycles. The number of carbonyl (C=O) groups is 1. The summed E-state index contributed by atoms with van der Waals surface area (Å²) in [4.78, 5) is 19.6. The number of ether oxygens (including phenoxy) is 1. The zero-order valence-corrected chi connectivity index (χ0v) is 12.2. The molecular formula is C14H22N2O3. The van der Waals surface area contributed by atoms with Crippen molar-refractivity contribution in [3.63, 3.8) is 0 Å². The van der Waals surface area contributed by atoms with Gasteiger partial charge in [-0.05, 0) is 31.7 Å². The molecule has 0 saturated heterocycles. The third kappa shape index (κ3) is 3.99. The topological polar surface area (TPSA) is 72.3 Å². The van der Waals surface area contributed by atoms with Crippen LogP contribution in [-0.4, -0.2) is 28.2 Å². The second-order valence-corrected chi connectivity index (χ2v) is 5.03. The van der Waals surface area contributed by atoms with Gasteiger partial charge < -0.3 is 9.84 Å². The van der Waals surface area contributed by atoms with Crippen LogP contribution in [0.15, 0.2) is 0 Å². The Hall–Kier alpha value is -1.49.